The summed E-state index contributed by atoms with van der Waals surface area (Å²) in [5.74, 6) is 0.314. The van der Waals surface area contributed by atoms with E-state index in [0.29, 0.717) is 52.5 Å². The Hall–Kier alpha value is -4.57. The molecule has 11 heteroatoms. The van der Waals surface area contributed by atoms with Crippen molar-refractivity contribution in [2.75, 3.05) is 19.5 Å². The Kier molecular flexibility index (Phi) is 9.81. The Balaban J connectivity index is 1.46. The second-order valence-electron chi connectivity index (χ2n) is 9.28. The number of carbonyl (C=O) groups excluding carboxylic acids is 2. The number of hydrogen-bond acceptors (Lipinski definition) is 6. The van der Waals surface area contributed by atoms with Crippen LogP contribution in [0.2, 0.25) is 5.02 Å². The fourth-order valence-corrected chi connectivity index (χ4v) is 4.65. The zero-order valence-electron chi connectivity index (χ0n) is 22.8. The molecule has 0 aliphatic rings. The molecule has 0 saturated heterocycles. The Bertz CT molecular complexity index is 1680. The van der Waals surface area contributed by atoms with Crippen LogP contribution in [0.4, 0.5) is 5.69 Å². The number of aromatic nitrogens is 2. The first kappa shape index (κ1) is 29.4. The minimum absolute atomic E-state index is 0.103. The summed E-state index contributed by atoms with van der Waals surface area (Å²) in [5.41, 5.74) is 0.505. The molecule has 4 aromatic rings. The Morgan fingerprint density at radius 2 is 1.63 bits per heavy atom. The van der Waals surface area contributed by atoms with Crippen molar-refractivity contribution in [1.29, 1.82) is 0 Å². The molecule has 3 aromatic carbocycles. The average Bonchev–Trinajstić information content (AvgIpc) is 2.98. The molecule has 214 valence electrons. The van der Waals surface area contributed by atoms with Crippen molar-refractivity contribution in [3.8, 4) is 11.5 Å². The number of fused-ring (bicyclic) bond motifs is 1. The lowest BCUT2D eigenvalue weighted by atomic mass is 10.2. The quantitative estimate of drug-likeness (QED) is 0.246. The van der Waals surface area contributed by atoms with Gasteiger partial charge in [0.15, 0.2) is 0 Å². The number of hydrogen-bond donors (Lipinski definition) is 2. The van der Waals surface area contributed by atoms with Crippen molar-refractivity contribution >= 4 is 40.0 Å². The van der Waals surface area contributed by atoms with Crippen LogP contribution >= 0.6 is 11.6 Å². The first-order valence-electron chi connectivity index (χ1n) is 13.1. The van der Waals surface area contributed by atoms with Crippen LogP contribution in [-0.2, 0) is 29.2 Å². The zero-order chi connectivity index (χ0) is 29.4. The van der Waals surface area contributed by atoms with Gasteiger partial charge < -0.3 is 20.1 Å². The van der Waals surface area contributed by atoms with E-state index >= 15 is 0 Å². The fourth-order valence-electron chi connectivity index (χ4n) is 4.45. The first-order valence-corrected chi connectivity index (χ1v) is 13.4. The number of anilines is 1. The molecule has 0 unspecified atom stereocenters. The average molecular weight is 579 g/mol. The third-order valence-corrected chi connectivity index (χ3v) is 6.95. The summed E-state index contributed by atoms with van der Waals surface area (Å²) in [6.07, 6.45) is 1.11. The first-order chi connectivity index (χ1) is 19.8. The molecule has 1 aromatic heterocycles. The summed E-state index contributed by atoms with van der Waals surface area (Å²) in [5, 5.41) is 6.49. The topological polar surface area (TPSA) is 121 Å². The van der Waals surface area contributed by atoms with Crippen LogP contribution in [0.3, 0.4) is 0 Å². The van der Waals surface area contributed by atoms with Crippen LogP contribution in [0.1, 0.15) is 24.8 Å². The highest BCUT2D eigenvalue weighted by Gasteiger charge is 2.17. The number of carbonyl (C=O) groups is 2. The predicted octanol–water partition coefficient (Wildman–Crippen LogP) is 3.96. The van der Waals surface area contributed by atoms with Crippen molar-refractivity contribution in [1.82, 2.24) is 14.5 Å². The highest BCUT2D eigenvalue weighted by Crippen LogP contribution is 2.29. The van der Waals surface area contributed by atoms with Crippen LogP contribution < -0.4 is 31.4 Å². The van der Waals surface area contributed by atoms with Crippen molar-refractivity contribution in [2.45, 2.75) is 38.9 Å². The summed E-state index contributed by atoms with van der Waals surface area (Å²) >= 11 is 6.13. The summed E-state index contributed by atoms with van der Waals surface area (Å²) in [7, 11) is 2.99. The molecule has 0 radical (unpaired) electrons. The molecule has 1 heterocycles. The molecular formula is C30H31ClN4O6. The zero-order valence-corrected chi connectivity index (χ0v) is 23.6. The van der Waals surface area contributed by atoms with Gasteiger partial charge in [0, 0.05) is 30.6 Å². The molecule has 10 nitrogen and oxygen atoms in total. The second-order valence-corrected chi connectivity index (χ2v) is 9.69. The summed E-state index contributed by atoms with van der Waals surface area (Å²) in [6.45, 7) is 0.0904. The van der Waals surface area contributed by atoms with E-state index in [9.17, 15) is 19.2 Å². The third-order valence-electron chi connectivity index (χ3n) is 6.58. The van der Waals surface area contributed by atoms with E-state index in [0.717, 1.165) is 10.1 Å². The van der Waals surface area contributed by atoms with Gasteiger partial charge in [0.25, 0.3) is 5.56 Å². The van der Waals surface area contributed by atoms with Gasteiger partial charge in [-0.25, -0.2) is 4.79 Å². The lowest BCUT2D eigenvalue weighted by Gasteiger charge is -2.15. The van der Waals surface area contributed by atoms with E-state index in [4.69, 9.17) is 21.1 Å². The van der Waals surface area contributed by atoms with E-state index < -0.39 is 17.2 Å². The van der Waals surface area contributed by atoms with Crippen molar-refractivity contribution in [3.05, 3.63) is 98.2 Å². The number of nitrogens with one attached hydrogen (secondary N) is 2. The number of halogens is 1. The van der Waals surface area contributed by atoms with Gasteiger partial charge in [0.05, 0.1) is 30.8 Å². The molecule has 2 N–H and O–H groups in total. The smallest absolute Gasteiger partial charge is 0.331 e. The Morgan fingerprint density at radius 1 is 0.878 bits per heavy atom. The molecule has 0 saturated carbocycles. The number of amides is 2. The van der Waals surface area contributed by atoms with E-state index in [1.165, 1.54) is 18.8 Å². The maximum atomic E-state index is 13.4. The van der Waals surface area contributed by atoms with Crippen molar-refractivity contribution in [3.63, 3.8) is 0 Å². The van der Waals surface area contributed by atoms with Crippen LogP contribution in [-0.4, -0.2) is 35.2 Å². The SMILES string of the molecule is COc1ccc(OC)c(NC(=O)Cn2c(=O)n(CCCCC(=O)NCc3ccccc3Cl)c(=O)c3ccccc32)c1. The number of unbranched alkanes of at least 4 members (excludes halogenated alkanes) is 1. The summed E-state index contributed by atoms with van der Waals surface area (Å²) < 4.78 is 12.9. The minimum Gasteiger partial charge on any atom is -0.497 e. The molecule has 0 aliphatic heterocycles. The van der Waals surface area contributed by atoms with Crippen LogP contribution in [0.25, 0.3) is 10.9 Å². The normalized spacial score (nSPS) is 10.8. The fraction of sp³-hybridized carbons (Fsp3) is 0.267. The Labute approximate surface area is 241 Å². The van der Waals surface area contributed by atoms with Gasteiger partial charge in [-0.2, -0.15) is 0 Å². The molecular weight excluding hydrogens is 548 g/mol. The Morgan fingerprint density at radius 3 is 2.39 bits per heavy atom. The van der Waals surface area contributed by atoms with Crippen molar-refractivity contribution in [2.24, 2.45) is 0 Å². The number of para-hydroxylation sites is 1. The predicted molar refractivity (Wildman–Crippen MR) is 158 cm³/mol. The maximum Gasteiger partial charge on any atom is 0.331 e. The van der Waals surface area contributed by atoms with Gasteiger partial charge in [-0.05, 0) is 48.7 Å². The summed E-state index contributed by atoms with van der Waals surface area (Å²) in [4.78, 5) is 52.0. The van der Waals surface area contributed by atoms with E-state index in [1.54, 1.807) is 48.5 Å². The number of nitrogens with zero attached hydrogens (tertiary/aromatic N) is 2. The van der Waals surface area contributed by atoms with Crippen LogP contribution in [0.15, 0.2) is 76.3 Å². The van der Waals surface area contributed by atoms with E-state index in [2.05, 4.69) is 10.6 Å². The molecule has 0 spiro atoms. The van der Waals surface area contributed by atoms with Crippen LogP contribution in [0, 0.1) is 0 Å². The molecule has 2 amide bonds. The van der Waals surface area contributed by atoms with Crippen LogP contribution in [0.5, 0.6) is 11.5 Å². The molecule has 0 atom stereocenters. The number of benzene rings is 3. The highest BCUT2D eigenvalue weighted by atomic mass is 35.5. The van der Waals surface area contributed by atoms with Gasteiger partial charge >= 0.3 is 5.69 Å². The van der Waals surface area contributed by atoms with Gasteiger partial charge in [0.1, 0.15) is 18.0 Å². The molecule has 0 fully saturated rings. The highest BCUT2D eigenvalue weighted by molar-refractivity contribution is 6.31. The lowest BCUT2D eigenvalue weighted by molar-refractivity contribution is -0.121. The van der Waals surface area contributed by atoms with Gasteiger partial charge in [-0.1, -0.05) is 41.9 Å². The van der Waals surface area contributed by atoms with Gasteiger partial charge in [-0.3, -0.25) is 23.5 Å². The minimum atomic E-state index is -0.607. The van der Waals surface area contributed by atoms with Gasteiger partial charge in [-0.15, -0.1) is 0 Å². The third kappa shape index (κ3) is 7.15. The van der Waals surface area contributed by atoms with E-state index in [1.807, 2.05) is 18.2 Å². The van der Waals surface area contributed by atoms with Crippen molar-refractivity contribution < 1.29 is 19.1 Å². The molecule has 41 heavy (non-hydrogen) atoms. The largest absolute Gasteiger partial charge is 0.497 e. The standard InChI is InChI=1S/C30H31ClN4O6/c1-40-21-14-15-26(41-2)24(17-21)33-28(37)19-35-25-12-6-4-10-22(25)29(38)34(30(35)39)16-8-7-13-27(36)32-18-20-9-3-5-11-23(20)31/h3-6,9-12,14-15,17H,7-8,13,16,18-19H2,1-2H3,(H,32,36)(H,33,37). The molecule has 0 bridgehead atoms. The maximum absolute atomic E-state index is 13.4. The second kappa shape index (κ2) is 13.7. The summed E-state index contributed by atoms with van der Waals surface area (Å²) in [6, 6.07) is 18.9. The van der Waals surface area contributed by atoms with Gasteiger partial charge in [0.2, 0.25) is 11.8 Å². The number of rotatable bonds is 12. The lowest BCUT2D eigenvalue weighted by Crippen LogP contribution is -2.41. The molecule has 0 aliphatic carbocycles. The van der Waals surface area contributed by atoms with E-state index in [-0.39, 0.29) is 25.4 Å². The number of methoxy groups -OCH3 is 2. The molecule has 4 rings (SSSR count). The monoisotopic (exact) mass is 578 g/mol. The number of ether oxygens (including phenoxy) is 2.